The summed E-state index contributed by atoms with van der Waals surface area (Å²) in [5.74, 6) is 1.23. The molecule has 0 atom stereocenters. The second-order valence-electron chi connectivity index (χ2n) is 11.6. The van der Waals surface area contributed by atoms with Crippen molar-refractivity contribution in [2.45, 2.75) is 26.7 Å². The SMILES string of the molecule is COc1ccc(-c2nc3ccccc3c(C(=O)NCCCCNC(=O)c3c(C)c(-c4ccc(OC)cc4)nc4ccccc34)c2C)cc1. The summed E-state index contributed by atoms with van der Waals surface area (Å²) in [5.41, 5.74) is 7.74. The lowest BCUT2D eigenvalue weighted by molar-refractivity contribution is 0.0940. The fourth-order valence-electron chi connectivity index (χ4n) is 6.09. The molecule has 0 saturated carbocycles. The van der Waals surface area contributed by atoms with Gasteiger partial charge >= 0.3 is 0 Å². The van der Waals surface area contributed by atoms with Gasteiger partial charge in [-0.3, -0.25) is 9.59 Å². The van der Waals surface area contributed by atoms with Crippen LogP contribution in [0, 0.1) is 13.8 Å². The monoisotopic (exact) mass is 638 g/mol. The lowest BCUT2D eigenvalue weighted by Gasteiger charge is -2.16. The smallest absolute Gasteiger partial charge is 0.252 e. The van der Waals surface area contributed by atoms with E-state index >= 15 is 0 Å². The number of hydrogen-bond acceptors (Lipinski definition) is 6. The lowest BCUT2D eigenvalue weighted by Crippen LogP contribution is -2.28. The summed E-state index contributed by atoms with van der Waals surface area (Å²) in [4.78, 5) is 37.0. The van der Waals surface area contributed by atoms with Crippen molar-refractivity contribution < 1.29 is 19.1 Å². The molecule has 0 saturated heterocycles. The molecule has 2 N–H and O–H groups in total. The molecule has 0 bridgehead atoms. The van der Waals surface area contributed by atoms with Gasteiger partial charge < -0.3 is 20.1 Å². The molecule has 8 nitrogen and oxygen atoms in total. The first kappa shape index (κ1) is 32.2. The van der Waals surface area contributed by atoms with Gasteiger partial charge in [0.2, 0.25) is 0 Å². The van der Waals surface area contributed by atoms with Crippen LogP contribution in [0.15, 0.2) is 97.1 Å². The number of ether oxygens (including phenoxy) is 2. The number of unbranched alkanes of at least 4 members (excludes halogenated alkanes) is 1. The van der Waals surface area contributed by atoms with Crippen molar-refractivity contribution in [2.75, 3.05) is 27.3 Å². The largest absolute Gasteiger partial charge is 0.497 e. The number of pyridine rings is 2. The van der Waals surface area contributed by atoms with Gasteiger partial charge in [-0.25, -0.2) is 9.97 Å². The summed E-state index contributed by atoms with van der Waals surface area (Å²) in [6, 6.07) is 30.8. The van der Waals surface area contributed by atoms with E-state index in [-0.39, 0.29) is 11.8 Å². The van der Waals surface area contributed by atoms with Gasteiger partial charge in [0.25, 0.3) is 11.8 Å². The minimum atomic E-state index is -0.144. The number of benzene rings is 4. The van der Waals surface area contributed by atoms with E-state index in [0.717, 1.165) is 66.9 Å². The molecule has 48 heavy (non-hydrogen) atoms. The van der Waals surface area contributed by atoms with Crippen LogP contribution in [0.3, 0.4) is 0 Å². The predicted molar refractivity (Wildman–Crippen MR) is 191 cm³/mol. The Bertz CT molecular complexity index is 1960. The molecular formula is C40H38N4O4. The number of para-hydroxylation sites is 2. The zero-order chi connectivity index (χ0) is 33.6. The molecule has 0 spiro atoms. The van der Waals surface area contributed by atoms with Crippen LogP contribution in [0.5, 0.6) is 11.5 Å². The van der Waals surface area contributed by atoms with Crippen molar-refractivity contribution in [1.29, 1.82) is 0 Å². The number of aromatic nitrogens is 2. The van der Waals surface area contributed by atoms with E-state index in [9.17, 15) is 9.59 Å². The van der Waals surface area contributed by atoms with Crippen LogP contribution in [-0.2, 0) is 0 Å². The molecule has 0 fully saturated rings. The molecule has 0 radical (unpaired) electrons. The van der Waals surface area contributed by atoms with Crippen LogP contribution in [0.1, 0.15) is 44.7 Å². The quantitative estimate of drug-likeness (QED) is 0.141. The Balaban J connectivity index is 1.12. The summed E-state index contributed by atoms with van der Waals surface area (Å²) >= 11 is 0. The molecule has 0 unspecified atom stereocenters. The van der Waals surface area contributed by atoms with Gasteiger partial charge in [-0.1, -0.05) is 36.4 Å². The second kappa shape index (κ2) is 14.3. The maximum absolute atomic E-state index is 13.6. The van der Waals surface area contributed by atoms with Gasteiger partial charge in [0, 0.05) is 35.0 Å². The third-order valence-corrected chi connectivity index (χ3v) is 8.63. The summed E-state index contributed by atoms with van der Waals surface area (Å²) in [5, 5.41) is 7.82. The minimum Gasteiger partial charge on any atom is -0.497 e. The molecule has 4 aromatic carbocycles. The van der Waals surface area contributed by atoms with Crippen molar-refractivity contribution in [3.05, 3.63) is 119 Å². The molecule has 242 valence electrons. The Hall–Kier alpha value is -5.76. The Kier molecular flexibility index (Phi) is 9.62. The first-order chi connectivity index (χ1) is 23.4. The Morgan fingerprint density at radius 3 is 1.31 bits per heavy atom. The lowest BCUT2D eigenvalue weighted by atomic mass is 9.97. The highest BCUT2D eigenvalue weighted by atomic mass is 16.5. The summed E-state index contributed by atoms with van der Waals surface area (Å²) in [6.07, 6.45) is 1.40. The van der Waals surface area contributed by atoms with Crippen LogP contribution in [0.2, 0.25) is 0 Å². The summed E-state index contributed by atoms with van der Waals surface area (Å²) in [6.45, 7) is 4.82. The molecule has 2 aromatic heterocycles. The first-order valence-corrected chi connectivity index (χ1v) is 16.0. The Morgan fingerprint density at radius 1 is 0.562 bits per heavy atom. The van der Waals surface area contributed by atoms with Crippen LogP contribution in [-0.4, -0.2) is 49.1 Å². The molecule has 6 rings (SSSR count). The van der Waals surface area contributed by atoms with Crippen LogP contribution in [0.25, 0.3) is 44.3 Å². The molecule has 0 aliphatic carbocycles. The molecular weight excluding hydrogens is 600 g/mol. The molecule has 8 heteroatoms. The number of amides is 2. The number of nitrogens with zero attached hydrogens (tertiary/aromatic N) is 2. The summed E-state index contributed by atoms with van der Waals surface area (Å²) < 4.78 is 10.6. The highest BCUT2D eigenvalue weighted by molar-refractivity contribution is 6.09. The first-order valence-electron chi connectivity index (χ1n) is 16.0. The number of nitrogens with one attached hydrogen (secondary N) is 2. The topological polar surface area (TPSA) is 102 Å². The van der Waals surface area contributed by atoms with Crippen LogP contribution >= 0.6 is 0 Å². The second-order valence-corrected chi connectivity index (χ2v) is 11.6. The minimum absolute atomic E-state index is 0.144. The van der Waals surface area contributed by atoms with E-state index in [1.807, 2.05) is 111 Å². The van der Waals surface area contributed by atoms with E-state index in [4.69, 9.17) is 19.4 Å². The van der Waals surface area contributed by atoms with Crippen molar-refractivity contribution in [1.82, 2.24) is 20.6 Å². The Labute approximate surface area is 280 Å². The zero-order valence-corrected chi connectivity index (χ0v) is 27.6. The third kappa shape index (κ3) is 6.55. The van der Waals surface area contributed by atoms with Gasteiger partial charge in [-0.05, 0) is 98.5 Å². The fraction of sp³-hybridized carbons (Fsp3) is 0.200. The van der Waals surface area contributed by atoms with Crippen molar-refractivity contribution >= 4 is 33.6 Å². The highest BCUT2D eigenvalue weighted by Gasteiger charge is 2.20. The van der Waals surface area contributed by atoms with Gasteiger partial charge in [0.15, 0.2) is 0 Å². The number of hydrogen-bond donors (Lipinski definition) is 2. The maximum Gasteiger partial charge on any atom is 0.252 e. The standard InChI is InChI=1S/C40H38N4O4/c1-25-35(31-11-5-7-13-33(31)43-37(25)27-15-19-29(47-3)20-16-27)39(45)41-23-9-10-24-42-40(46)36-26(2)38(28-17-21-30(48-4)22-18-28)44-34-14-8-6-12-32(34)36/h5-8,11-22H,9-10,23-24H2,1-4H3,(H,41,45)(H,42,46). The van der Waals surface area contributed by atoms with Crippen molar-refractivity contribution in [3.8, 4) is 34.0 Å². The third-order valence-electron chi connectivity index (χ3n) is 8.63. The normalized spacial score (nSPS) is 11.0. The highest BCUT2D eigenvalue weighted by Crippen LogP contribution is 2.32. The number of rotatable bonds is 11. The van der Waals surface area contributed by atoms with E-state index in [1.165, 1.54) is 0 Å². The zero-order valence-electron chi connectivity index (χ0n) is 27.6. The van der Waals surface area contributed by atoms with E-state index in [0.29, 0.717) is 37.1 Å². The number of carbonyl (C=O) groups excluding carboxylic acids is 2. The molecule has 0 aliphatic heterocycles. The van der Waals surface area contributed by atoms with Gasteiger partial charge in [0.05, 0.1) is 47.8 Å². The number of carbonyl (C=O) groups is 2. The Morgan fingerprint density at radius 2 is 0.938 bits per heavy atom. The summed E-state index contributed by atoms with van der Waals surface area (Å²) in [7, 11) is 3.27. The number of fused-ring (bicyclic) bond motifs is 2. The predicted octanol–water partition coefficient (Wildman–Crippen LogP) is 7.69. The van der Waals surface area contributed by atoms with Crippen LogP contribution < -0.4 is 20.1 Å². The van der Waals surface area contributed by atoms with E-state index < -0.39 is 0 Å². The molecule has 6 aromatic rings. The molecule has 2 heterocycles. The van der Waals surface area contributed by atoms with E-state index in [2.05, 4.69) is 10.6 Å². The van der Waals surface area contributed by atoms with Crippen molar-refractivity contribution in [2.24, 2.45) is 0 Å². The van der Waals surface area contributed by atoms with Crippen molar-refractivity contribution in [3.63, 3.8) is 0 Å². The molecule has 2 amide bonds. The van der Waals surface area contributed by atoms with E-state index in [1.54, 1.807) is 14.2 Å². The van der Waals surface area contributed by atoms with Gasteiger partial charge in [-0.15, -0.1) is 0 Å². The fourth-order valence-corrected chi connectivity index (χ4v) is 6.09. The van der Waals surface area contributed by atoms with Gasteiger partial charge in [0.1, 0.15) is 11.5 Å². The van der Waals surface area contributed by atoms with Gasteiger partial charge in [-0.2, -0.15) is 0 Å². The maximum atomic E-state index is 13.6. The van der Waals surface area contributed by atoms with Crippen LogP contribution in [0.4, 0.5) is 0 Å². The average Bonchev–Trinajstić information content (AvgIpc) is 3.12. The average molecular weight is 639 g/mol. The number of methoxy groups -OCH3 is 2. The molecule has 0 aliphatic rings.